The summed E-state index contributed by atoms with van der Waals surface area (Å²) in [6, 6.07) is 0.709. The average molecular weight is 536 g/mol. The summed E-state index contributed by atoms with van der Waals surface area (Å²) in [5.74, 6) is -4.73. The highest BCUT2D eigenvalue weighted by Gasteiger charge is 2.31. The van der Waals surface area contributed by atoms with Gasteiger partial charge in [0.15, 0.2) is 0 Å². The van der Waals surface area contributed by atoms with Crippen molar-refractivity contribution in [1.29, 1.82) is 0 Å². The number of aliphatic carboxylic acids is 1. The Balaban J connectivity index is 2.27. The molecule has 1 heterocycles. The number of phenols is 1. The Morgan fingerprint density at radius 1 is 0.946 bits per heavy atom. The molecule has 200 valence electrons. The number of carbonyl (C=O) groups is 5. The third-order valence-corrected chi connectivity index (χ3v) is 5.54. The molecule has 0 saturated carbocycles. The highest BCUT2D eigenvalue weighted by molar-refractivity contribution is 7.80. The highest BCUT2D eigenvalue weighted by Crippen LogP contribution is 2.12. The van der Waals surface area contributed by atoms with Gasteiger partial charge in [-0.1, -0.05) is 12.1 Å². The van der Waals surface area contributed by atoms with Crippen molar-refractivity contribution in [3.8, 4) is 5.75 Å². The molecular weight excluding hydrogens is 506 g/mol. The van der Waals surface area contributed by atoms with Crippen LogP contribution in [-0.4, -0.2) is 79.7 Å². The number of amides is 4. The van der Waals surface area contributed by atoms with Crippen LogP contribution in [0.25, 0.3) is 0 Å². The Bertz CT molecular complexity index is 1100. The number of hydrogen-bond donors (Lipinski definition) is 9. The van der Waals surface area contributed by atoms with Crippen molar-refractivity contribution in [3.63, 3.8) is 0 Å². The fraction of sp³-hybridized carbons (Fsp3) is 0.364. The first kappa shape index (κ1) is 29.1. The van der Waals surface area contributed by atoms with Gasteiger partial charge in [0, 0.05) is 30.5 Å². The summed E-state index contributed by atoms with van der Waals surface area (Å²) in [4.78, 5) is 67.9. The second-order valence-corrected chi connectivity index (χ2v) is 8.50. The van der Waals surface area contributed by atoms with E-state index in [1.54, 1.807) is 0 Å². The molecule has 37 heavy (non-hydrogen) atoms. The molecule has 2 rings (SSSR count). The fourth-order valence-corrected chi connectivity index (χ4v) is 3.47. The molecule has 0 bridgehead atoms. The number of primary amides is 1. The van der Waals surface area contributed by atoms with Gasteiger partial charge in [0.2, 0.25) is 23.6 Å². The number of thiol groups is 1. The summed E-state index contributed by atoms with van der Waals surface area (Å²) in [5, 5.41) is 26.1. The van der Waals surface area contributed by atoms with Gasteiger partial charge in [-0.3, -0.25) is 19.2 Å². The standard InChI is InChI=1S/C22H29N7O7S/c23-14(7-18(24)31)19(32)27-15(5-11-1-3-13(30)4-2-11)20(33)28-16(6-12-8-25-10-26-12)21(34)29-17(9-37)22(35)36/h1-4,8,10,14-17,30,37H,5-7,9,23H2,(H2,24,31)(H,25,26)(H,27,32)(H,28,33)(H,29,34)(H,35,36). The largest absolute Gasteiger partial charge is 0.508 e. The van der Waals surface area contributed by atoms with Crippen LogP contribution in [0, 0.1) is 0 Å². The van der Waals surface area contributed by atoms with Gasteiger partial charge in [-0.2, -0.15) is 12.6 Å². The molecule has 4 amide bonds. The first-order valence-corrected chi connectivity index (χ1v) is 11.7. The van der Waals surface area contributed by atoms with Crippen molar-refractivity contribution in [2.45, 2.75) is 43.4 Å². The molecule has 1 aromatic heterocycles. The molecule has 4 unspecified atom stereocenters. The summed E-state index contributed by atoms with van der Waals surface area (Å²) in [5.41, 5.74) is 11.8. The first-order valence-electron chi connectivity index (χ1n) is 11.0. The number of aromatic nitrogens is 2. The quantitative estimate of drug-likeness (QED) is 0.117. The number of benzene rings is 1. The zero-order chi connectivity index (χ0) is 27.5. The lowest BCUT2D eigenvalue weighted by atomic mass is 10.0. The molecule has 0 aliphatic rings. The average Bonchev–Trinajstić information content (AvgIpc) is 3.35. The second kappa shape index (κ2) is 13.8. The maximum Gasteiger partial charge on any atom is 0.327 e. The monoisotopic (exact) mass is 535 g/mol. The number of nitrogens with two attached hydrogens (primary N) is 2. The van der Waals surface area contributed by atoms with Crippen molar-refractivity contribution in [3.05, 3.63) is 48.0 Å². The van der Waals surface area contributed by atoms with E-state index in [2.05, 4.69) is 38.5 Å². The number of carbonyl (C=O) groups excluding carboxylic acids is 4. The molecule has 2 aromatic rings. The van der Waals surface area contributed by atoms with Crippen molar-refractivity contribution >= 4 is 42.2 Å². The molecule has 0 aliphatic heterocycles. The van der Waals surface area contributed by atoms with Crippen LogP contribution in [-0.2, 0) is 36.8 Å². The molecule has 1 aromatic carbocycles. The molecule has 4 atom stereocenters. The van der Waals surface area contributed by atoms with Crippen LogP contribution in [0.5, 0.6) is 5.75 Å². The summed E-state index contributed by atoms with van der Waals surface area (Å²) in [7, 11) is 0. The van der Waals surface area contributed by atoms with Gasteiger partial charge in [-0.15, -0.1) is 0 Å². The third-order valence-electron chi connectivity index (χ3n) is 5.18. The second-order valence-electron chi connectivity index (χ2n) is 8.13. The van der Waals surface area contributed by atoms with E-state index >= 15 is 0 Å². The van der Waals surface area contributed by atoms with E-state index in [-0.39, 0.29) is 24.3 Å². The molecule has 0 aliphatic carbocycles. The van der Waals surface area contributed by atoms with Gasteiger partial charge in [-0.25, -0.2) is 9.78 Å². The van der Waals surface area contributed by atoms with Crippen molar-refractivity contribution in [2.24, 2.45) is 11.5 Å². The van der Waals surface area contributed by atoms with Crippen LogP contribution in [0.1, 0.15) is 17.7 Å². The maximum atomic E-state index is 13.3. The third kappa shape index (κ3) is 9.46. The molecular formula is C22H29N7O7S. The van der Waals surface area contributed by atoms with Crippen LogP contribution in [0.3, 0.4) is 0 Å². The normalized spacial score (nSPS) is 14.0. The number of H-pyrrole nitrogens is 1. The Morgan fingerprint density at radius 3 is 2.03 bits per heavy atom. The van der Waals surface area contributed by atoms with Crippen LogP contribution in [0.15, 0.2) is 36.8 Å². The Hall–Kier alpha value is -4.11. The fourth-order valence-electron chi connectivity index (χ4n) is 3.22. The topological polar surface area (TPSA) is 243 Å². The van der Waals surface area contributed by atoms with Gasteiger partial charge >= 0.3 is 5.97 Å². The number of carboxylic acid groups (broad SMARTS) is 1. The van der Waals surface area contributed by atoms with E-state index < -0.39 is 60.2 Å². The summed E-state index contributed by atoms with van der Waals surface area (Å²) in [6.45, 7) is 0. The van der Waals surface area contributed by atoms with Gasteiger partial charge in [0.1, 0.15) is 23.9 Å². The van der Waals surface area contributed by atoms with E-state index in [0.29, 0.717) is 11.3 Å². The Kier molecular flexibility index (Phi) is 10.9. The smallest absolute Gasteiger partial charge is 0.327 e. The number of carboxylic acids is 1. The molecule has 0 saturated heterocycles. The molecule has 14 nitrogen and oxygen atoms in total. The predicted molar refractivity (Wildman–Crippen MR) is 133 cm³/mol. The molecule has 0 fully saturated rings. The van der Waals surface area contributed by atoms with E-state index in [0.717, 1.165) is 0 Å². The SMILES string of the molecule is NC(=O)CC(N)C(=O)NC(Cc1ccc(O)cc1)C(=O)NC(Cc1cnc[nH]1)C(=O)NC(CS)C(=O)O. The number of aromatic hydroxyl groups is 1. The van der Waals surface area contributed by atoms with Crippen LogP contribution in [0.4, 0.5) is 0 Å². The summed E-state index contributed by atoms with van der Waals surface area (Å²) in [6.07, 6.45) is 2.21. The van der Waals surface area contributed by atoms with E-state index in [4.69, 9.17) is 11.5 Å². The molecule has 0 spiro atoms. The summed E-state index contributed by atoms with van der Waals surface area (Å²) < 4.78 is 0. The van der Waals surface area contributed by atoms with Crippen LogP contribution >= 0.6 is 12.6 Å². The number of aromatic amines is 1. The lowest BCUT2D eigenvalue weighted by Gasteiger charge is -2.25. The number of imidazole rings is 1. The number of hydrogen-bond acceptors (Lipinski definition) is 9. The zero-order valence-corrected chi connectivity index (χ0v) is 20.5. The lowest BCUT2D eigenvalue weighted by Crippen LogP contribution is -2.58. The molecule has 10 N–H and O–H groups in total. The lowest BCUT2D eigenvalue weighted by molar-refractivity contribution is -0.141. The maximum absolute atomic E-state index is 13.3. The predicted octanol–water partition coefficient (Wildman–Crippen LogP) is -2.43. The number of nitrogens with zero attached hydrogens (tertiary/aromatic N) is 1. The van der Waals surface area contributed by atoms with E-state index in [1.807, 2.05) is 0 Å². The zero-order valence-electron chi connectivity index (χ0n) is 19.6. The van der Waals surface area contributed by atoms with Gasteiger partial charge in [-0.05, 0) is 17.7 Å². The Labute approximate surface area is 217 Å². The number of phenolic OH excluding ortho intramolecular Hbond substituents is 1. The number of rotatable bonds is 14. The minimum atomic E-state index is -1.32. The van der Waals surface area contributed by atoms with Crippen molar-refractivity contribution < 1.29 is 34.2 Å². The van der Waals surface area contributed by atoms with Gasteiger partial charge in [0.05, 0.1) is 18.8 Å². The van der Waals surface area contributed by atoms with Gasteiger partial charge < -0.3 is 42.6 Å². The van der Waals surface area contributed by atoms with Crippen molar-refractivity contribution in [2.75, 3.05) is 5.75 Å². The van der Waals surface area contributed by atoms with Crippen LogP contribution < -0.4 is 27.4 Å². The van der Waals surface area contributed by atoms with E-state index in [1.165, 1.54) is 36.8 Å². The summed E-state index contributed by atoms with van der Waals surface area (Å²) >= 11 is 3.92. The Morgan fingerprint density at radius 2 is 1.51 bits per heavy atom. The van der Waals surface area contributed by atoms with Crippen LogP contribution in [0.2, 0.25) is 0 Å². The van der Waals surface area contributed by atoms with Crippen molar-refractivity contribution in [1.82, 2.24) is 25.9 Å². The first-order chi connectivity index (χ1) is 17.5. The highest BCUT2D eigenvalue weighted by atomic mass is 32.1. The molecule has 15 heteroatoms. The number of nitrogens with one attached hydrogen (secondary N) is 4. The minimum Gasteiger partial charge on any atom is -0.508 e. The molecule has 0 radical (unpaired) electrons. The van der Waals surface area contributed by atoms with Gasteiger partial charge in [0.25, 0.3) is 0 Å². The minimum absolute atomic E-state index is 0.00858. The van der Waals surface area contributed by atoms with E-state index in [9.17, 15) is 34.2 Å².